The molecule has 4 rings (SSSR count). The van der Waals surface area contributed by atoms with Crippen LogP contribution in [0.3, 0.4) is 0 Å². The number of pyridine rings is 1. The summed E-state index contributed by atoms with van der Waals surface area (Å²) in [6.07, 6.45) is 0.139. The summed E-state index contributed by atoms with van der Waals surface area (Å²) in [5, 5.41) is 14.5. The molecule has 0 aliphatic carbocycles. The molecule has 0 saturated carbocycles. The summed E-state index contributed by atoms with van der Waals surface area (Å²) >= 11 is 6.01. The Kier molecular flexibility index (Phi) is 6.14. The molecular formula is C21H15Cl2FN4O. The van der Waals surface area contributed by atoms with Crippen LogP contribution in [0.4, 0.5) is 4.39 Å². The molecule has 0 radical (unpaired) electrons. The second kappa shape index (κ2) is 8.58. The molecule has 146 valence electrons. The minimum atomic E-state index is -0.550. The van der Waals surface area contributed by atoms with Crippen LogP contribution in [0.15, 0.2) is 59.1 Å². The molecule has 0 unspecified atom stereocenters. The normalized spacial score (nSPS) is 11.7. The van der Waals surface area contributed by atoms with Crippen LogP contribution in [0.2, 0.25) is 5.02 Å². The van der Waals surface area contributed by atoms with Crippen LogP contribution in [-0.2, 0) is 6.42 Å². The van der Waals surface area contributed by atoms with Gasteiger partial charge in [-0.3, -0.25) is 0 Å². The van der Waals surface area contributed by atoms with E-state index >= 15 is 0 Å². The van der Waals surface area contributed by atoms with Crippen LogP contribution >= 0.6 is 24.0 Å². The lowest BCUT2D eigenvalue weighted by molar-refractivity contribution is 0.459. The number of nitriles is 1. The zero-order chi connectivity index (χ0) is 19.7. The van der Waals surface area contributed by atoms with E-state index in [1.54, 1.807) is 12.1 Å². The second-order valence-corrected chi connectivity index (χ2v) is 6.74. The molecule has 29 heavy (non-hydrogen) atoms. The van der Waals surface area contributed by atoms with Gasteiger partial charge in [0.1, 0.15) is 23.3 Å². The fraction of sp³-hybridized carbons (Fsp3) is 0.0952. The van der Waals surface area contributed by atoms with E-state index < -0.39 is 11.9 Å². The summed E-state index contributed by atoms with van der Waals surface area (Å²) in [6.45, 7) is 0. The van der Waals surface area contributed by atoms with Gasteiger partial charge in [-0.25, -0.2) is 9.37 Å². The molecule has 0 amide bonds. The quantitative estimate of drug-likeness (QED) is 0.481. The van der Waals surface area contributed by atoms with E-state index in [-0.39, 0.29) is 30.2 Å². The number of aromatic nitrogens is 2. The predicted molar refractivity (Wildman–Crippen MR) is 111 cm³/mol. The van der Waals surface area contributed by atoms with E-state index in [2.05, 4.69) is 10.1 Å². The van der Waals surface area contributed by atoms with Crippen molar-refractivity contribution in [2.24, 2.45) is 5.73 Å². The van der Waals surface area contributed by atoms with Gasteiger partial charge in [-0.2, -0.15) is 5.26 Å². The predicted octanol–water partition coefficient (Wildman–Crippen LogP) is 5.22. The fourth-order valence-corrected chi connectivity index (χ4v) is 3.31. The number of fused-ring (bicyclic) bond motifs is 1. The Morgan fingerprint density at radius 3 is 2.76 bits per heavy atom. The van der Waals surface area contributed by atoms with Crippen LogP contribution in [0.1, 0.15) is 23.0 Å². The van der Waals surface area contributed by atoms with Crippen LogP contribution in [0, 0.1) is 17.1 Å². The molecule has 0 fully saturated rings. The molecule has 8 heteroatoms. The summed E-state index contributed by atoms with van der Waals surface area (Å²) in [5.74, 6) is -0.492. The fourth-order valence-electron chi connectivity index (χ4n) is 3.15. The van der Waals surface area contributed by atoms with Gasteiger partial charge in [0, 0.05) is 34.5 Å². The van der Waals surface area contributed by atoms with E-state index in [0.29, 0.717) is 16.3 Å². The average molecular weight is 429 g/mol. The maximum absolute atomic E-state index is 14.1. The van der Waals surface area contributed by atoms with Gasteiger partial charge in [-0.05, 0) is 29.8 Å². The maximum atomic E-state index is 14.1. The molecule has 0 aliphatic heterocycles. The Bertz CT molecular complexity index is 1220. The highest BCUT2D eigenvalue weighted by atomic mass is 35.5. The molecule has 2 heterocycles. The molecule has 4 aromatic rings. The van der Waals surface area contributed by atoms with Crippen molar-refractivity contribution in [1.82, 2.24) is 10.1 Å². The number of halogens is 3. The standard InChI is InChI=1S/C21H14ClFN4O.ClH/c22-12-5-7-16-20(9-12)28-27-21(16)15-4-2-1-3-14(15)18(25)10-19-17(23)8-6-13(11-24)26-19;/h1-9,18H,10,25H2;1H/t18-;/m0./s1. The monoisotopic (exact) mass is 428 g/mol. The van der Waals surface area contributed by atoms with Crippen molar-refractivity contribution in [2.45, 2.75) is 12.5 Å². The highest BCUT2D eigenvalue weighted by Gasteiger charge is 2.19. The van der Waals surface area contributed by atoms with E-state index in [1.807, 2.05) is 36.4 Å². The van der Waals surface area contributed by atoms with Crippen molar-refractivity contribution < 1.29 is 8.91 Å². The van der Waals surface area contributed by atoms with Crippen LogP contribution in [0.25, 0.3) is 22.2 Å². The van der Waals surface area contributed by atoms with Crippen molar-refractivity contribution in [3.8, 4) is 17.3 Å². The van der Waals surface area contributed by atoms with Gasteiger partial charge < -0.3 is 10.3 Å². The summed E-state index contributed by atoms with van der Waals surface area (Å²) in [7, 11) is 0. The molecule has 0 aliphatic rings. The highest BCUT2D eigenvalue weighted by Crippen LogP contribution is 2.34. The van der Waals surface area contributed by atoms with Crippen molar-refractivity contribution in [1.29, 1.82) is 5.26 Å². The molecular weight excluding hydrogens is 414 g/mol. The van der Waals surface area contributed by atoms with Crippen molar-refractivity contribution in [3.05, 3.63) is 82.4 Å². The maximum Gasteiger partial charge on any atom is 0.169 e. The summed E-state index contributed by atoms with van der Waals surface area (Å²) in [5.41, 5.74) is 9.46. The van der Waals surface area contributed by atoms with Gasteiger partial charge in [0.05, 0.1) is 5.69 Å². The average Bonchev–Trinajstić information content (AvgIpc) is 3.12. The molecule has 0 saturated heterocycles. The zero-order valence-corrected chi connectivity index (χ0v) is 16.5. The van der Waals surface area contributed by atoms with Gasteiger partial charge >= 0.3 is 0 Å². The highest BCUT2D eigenvalue weighted by molar-refractivity contribution is 6.31. The van der Waals surface area contributed by atoms with Gasteiger partial charge in [0.25, 0.3) is 0 Å². The minimum absolute atomic E-state index is 0. The minimum Gasteiger partial charge on any atom is -0.356 e. The Morgan fingerprint density at radius 2 is 1.97 bits per heavy atom. The lowest BCUT2D eigenvalue weighted by Crippen LogP contribution is -2.16. The molecule has 1 atom stereocenters. The first-order valence-electron chi connectivity index (χ1n) is 8.52. The number of hydrogen-bond donors (Lipinski definition) is 1. The molecule has 5 nitrogen and oxygen atoms in total. The lowest BCUT2D eigenvalue weighted by Gasteiger charge is -2.16. The Labute approximate surface area is 177 Å². The first-order chi connectivity index (χ1) is 13.6. The number of nitrogens with two attached hydrogens (primary N) is 1. The van der Waals surface area contributed by atoms with E-state index in [4.69, 9.17) is 27.1 Å². The van der Waals surface area contributed by atoms with E-state index in [0.717, 1.165) is 16.5 Å². The lowest BCUT2D eigenvalue weighted by atomic mass is 9.94. The zero-order valence-electron chi connectivity index (χ0n) is 15.0. The largest absolute Gasteiger partial charge is 0.356 e. The first kappa shape index (κ1) is 20.7. The van der Waals surface area contributed by atoms with Crippen LogP contribution < -0.4 is 5.73 Å². The third-order valence-electron chi connectivity index (χ3n) is 4.50. The first-order valence-corrected chi connectivity index (χ1v) is 8.90. The Hall–Kier alpha value is -2.98. The molecule has 2 aromatic heterocycles. The summed E-state index contributed by atoms with van der Waals surface area (Å²) in [6, 6.07) is 16.7. The van der Waals surface area contributed by atoms with Crippen LogP contribution in [0.5, 0.6) is 0 Å². The van der Waals surface area contributed by atoms with E-state index in [9.17, 15) is 4.39 Å². The van der Waals surface area contributed by atoms with Crippen molar-refractivity contribution >= 4 is 35.0 Å². The van der Waals surface area contributed by atoms with Crippen molar-refractivity contribution in [2.75, 3.05) is 0 Å². The summed E-state index contributed by atoms with van der Waals surface area (Å²) in [4.78, 5) is 4.04. The number of rotatable bonds is 4. The smallest absolute Gasteiger partial charge is 0.169 e. The van der Waals surface area contributed by atoms with Crippen molar-refractivity contribution in [3.63, 3.8) is 0 Å². The van der Waals surface area contributed by atoms with Crippen LogP contribution in [-0.4, -0.2) is 10.1 Å². The van der Waals surface area contributed by atoms with Gasteiger partial charge in [0.15, 0.2) is 5.58 Å². The third-order valence-corrected chi connectivity index (χ3v) is 4.73. The van der Waals surface area contributed by atoms with Gasteiger partial charge in [0.2, 0.25) is 0 Å². The van der Waals surface area contributed by atoms with Gasteiger partial charge in [-0.15, -0.1) is 12.4 Å². The summed E-state index contributed by atoms with van der Waals surface area (Å²) < 4.78 is 19.5. The number of hydrogen-bond acceptors (Lipinski definition) is 5. The topological polar surface area (TPSA) is 88.7 Å². The second-order valence-electron chi connectivity index (χ2n) is 6.31. The van der Waals surface area contributed by atoms with Gasteiger partial charge in [-0.1, -0.05) is 41.0 Å². The Morgan fingerprint density at radius 1 is 1.17 bits per heavy atom. The molecule has 2 N–H and O–H groups in total. The number of nitrogens with zero attached hydrogens (tertiary/aromatic N) is 3. The molecule has 2 aromatic carbocycles. The molecule has 0 spiro atoms. The SMILES string of the molecule is Cl.N#Cc1ccc(F)c(C[C@H](N)c2ccccc2-c2noc3cc(Cl)ccc23)n1. The number of benzene rings is 2. The third kappa shape index (κ3) is 4.08. The molecule has 0 bridgehead atoms. The Balaban J connectivity index is 0.00000240. The van der Waals surface area contributed by atoms with E-state index in [1.165, 1.54) is 12.1 Å².